The molecule has 0 aliphatic carbocycles. The molecule has 1 N–H and O–H groups in total. The summed E-state index contributed by atoms with van der Waals surface area (Å²) in [6.07, 6.45) is 0. The van der Waals surface area contributed by atoms with Crippen LogP contribution in [0.4, 0.5) is 0 Å². The monoisotopic (exact) mass is 209 g/mol. The zero-order chi connectivity index (χ0) is 11.1. The highest BCUT2D eigenvalue weighted by atomic mass is 16.7. The van der Waals surface area contributed by atoms with Gasteiger partial charge in [0, 0.05) is 25.3 Å². The van der Waals surface area contributed by atoms with Gasteiger partial charge in [0.2, 0.25) is 0 Å². The number of benzene rings is 1. The lowest BCUT2D eigenvalue weighted by molar-refractivity contribution is 0.0503. The summed E-state index contributed by atoms with van der Waals surface area (Å²) < 4.78 is 10.3. The third kappa shape index (κ3) is 4.32. The van der Waals surface area contributed by atoms with E-state index in [1.54, 1.807) is 7.11 Å². The molecule has 0 saturated heterocycles. The maximum atomic E-state index is 5.46. The quantitative estimate of drug-likeness (QED) is 0.728. The molecule has 1 aromatic carbocycles. The second kappa shape index (κ2) is 6.43. The van der Waals surface area contributed by atoms with Crippen molar-refractivity contribution in [2.75, 3.05) is 13.9 Å². The van der Waals surface area contributed by atoms with Crippen molar-refractivity contribution in [1.82, 2.24) is 5.32 Å². The van der Waals surface area contributed by atoms with Crippen LogP contribution in [0.1, 0.15) is 19.4 Å². The number of methoxy groups -OCH3 is 1. The molecule has 15 heavy (non-hydrogen) atoms. The molecule has 0 saturated carbocycles. The van der Waals surface area contributed by atoms with E-state index in [1.165, 1.54) is 0 Å². The molecule has 0 amide bonds. The summed E-state index contributed by atoms with van der Waals surface area (Å²) in [5.74, 6) is 0.882. The molecular weight excluding hydrogens is 190 g/mol. The van der Waals surface area contributed by atoms with Crippen molar-refractivity contribution in [3.05, 3.63) is 29.8 Å². The van der Waals surface area contributed by atoms with Gasteiger partial charge in [-0.05, 0) is 6.07 Å². The first-order valence-electron chi connectivity index (χ1n) is 5.17. The minimum absolute atomic E-state index is 0.290. The second-order valence-corrected chi connectivity index (χ2v) is 3.69. The first-order valence-corrected chi connectivity index (χ1v) is 5.17. The van der Waals surface area contributed by atoms with Gasteiger partial charge >= 0.3 is 0 Å². The topological polar surface area (TPSA) is 30.5 Å². The fraction of sp³-hybridized carbons (Fsp3) is 0.500. The van der Waals surface area contributed by atoms with Crippen molar-refractivity contribution in [3.63, 3.8) is 0 Å². The molecule has 1 aromatic rings. The van der Waals surface area contributed by atoms with Crippen molar-refractivity contribution in [2.24, 2.45) is 0 Å². The molecule has 3 heteroatoms. The van der Waals surface area contributed by atoms with E-state index in [0.29, 0.717) is 12.8 Å². The smallest absolute Gasteiger partial charge is 0.188 e. The predicted molar refractivity (Wildman–Crippen MR) is 60.9 cm³/mol. The molecule has 0 heterocycles. The Hall–Kier alpha value is -1.06. The average Bonchev–Trinajstić information content (AvgIpc) is 2.24. The van der Waals surface area contributed by atoms with Crippen LogP contribution >= 0.6 is 0 Å². The van der Waals surface area contributed by atoms with Crippen molar-refractivity contribution in [1.29, 1.82) is 0 Å². The number of ether oxygens (including phenoxy) is 2. The molecule has 0 radical (unpaired) electrons. The van der Waals surface area contributed by atoms with Crippen LogP contribution in [0.3, 0.4) is 0 Å². The normalized spacial score (nSPS) is 10.7. The van der Waals surface area contributed by atoms with Crippen LogP contribution in [-0.2, 0) is 11.3 Å². The van der Waals surface area contributed by atoms with Crippen molar-refractivity contribution in [2.45, 2.75) is 26.4 Å². The van der Waals surface area contributed by atoms with E-state index >= 15 is 0 Å². The Balaban J connectivity index is 2.59. The Labute approximate surface area is 91.4 Å². The SMILES string of the molecule is COCOc1ccccc1CNC(C)C. The van der Waals surface area contributed by atoms with Gasteiger partial charge in [0.25, 0.3) is 0 Å². The highest BCUT2D eigenvalue weighted by molar-refractivity contribution is 5.33. The Kier molecular flexibility index (Phi) is 5.15. The number of hydrogen-bond acceptors (Lipinski definition) is 3. The van der Waals surface area contributed by atoms with E-state index in [4.69, 9.17) is 9.47 Å². The van der Waals surface area contributed by atoms with Gasteiger partial charge in [-0.2, -0.15) is 0 Å². The van der Waals surface area contributed by atoms with Crippen LogP contribution in [0.15, 0.2) is 24.3 Å². The lowest BCUT2D eigenvalue weighted by atomic mass is 10.2. The Bertz CT molecular complexity index is 287. The fourth-order valence-corrected chi connectivity index (χ4v) is 1.23. The highest BCUT2D eigenvalue weighted by Crippen LogP contribution is 2.17. The van der Waals surface area contributed by atoms with E-state index < -0.39 is 0 Å². The maximum absolute atomic E-state index is 5.46. The van der Waals surface area contributed by atoms with Gasteiger partial charge < -0.3 is 14.8 Å². The van der Waals surface area contributed by atoms with Crippen LogP contribution in [0.2, 0.25) is 0 Å². The fourth-order valence-electron chi connectivity index (χ4n) is 1.23. The summed E-state index contributed by atoms with van der Waals surface area (Å²) in [6.45, 7) is 5.35. The van der Waals surface area contributed by atoms with Crippen molar-refractivity contribution in [3.8, 4) is 5.75 Å². The first-order chi connectivity index (χ1) is 7.24. The molecule has 0 aliphatic heterocycles. The van der Waals surface area contributed by atoms with Crippen molar-refractivity contribution < 1.29 is 9.47 Å². The van der Waals surface area contributed by atoms with Crippen LogP contribution < -0.4 is 10.1 Å². The number of hydrogen-bond donors (Lipinski definition) is 1. The van der Waals surface area contributed by atoms with E-state index in [1.807, 2.05) is 18.2 Å². The standard InChI is InChI=1S/C12H19NO2/c1-10(2)13-8-11-6-4-5-7-12(11)15-9-14-3/h4-7,10,13H,8-9H2,1-3H3. The summed E-state index contributed by atoms with van der Waals surface area (Å²) in [4.78, 5) is 0. The summed E-state index contributed by atoms with van der Waals surface area (Å²) >= 11 is 0. The Morgan fingerprint density at radius 2 is 2.00 bits per heavy atom. The van der Waals surface area contributed by atoms with E-state index in [2.05, 4.69) is 25.2 Å². The average molecular weight is 209 g/mol. The number of rotatable bonds is 6. The Morgan fingerprint density at radius 3 is 2.67 bits per heavy atom. The molecule has 3 nitrogen and oxygen atoms in total. The van der Waals surface area contributed by atoms with E-state index in [0.717, 1.165) is 17.9 Å². The molecule has 0 unspecified atom stereocenters. The van der Waals surface area contributed by atoms with Crippen LogP contribution in [0.25, 0.3) is 0 Å². The molecule has 0 fully saturated rings. The highest BCUT2D eigenvalue weighted by Gasteiger charge is 2.02. The molecule has 0 spiro atoms. The molecule has 0 atom stereocenters. The summed E-state index contributed by atoms with van der Waals surface area (Å²) in [5, 5.41) is 3.36. The largest absolute Gasteiger partial charge is 0.467 e. The zero-order valence-electron chi connectivity index (χ0n) is 9.62. The van der Waals surface area contributed by atoms with Gasteiger partial charge in [0.15, 0.2) is 6.79 Å². The van der Waals surface area contributed by atoms with E-state index in [9.17, 15) is 0 Å². The van der Waals surface area contributed by atoms with Crippen LogP contribution in [0.5, 0.6) is 5.75 Å². The Morgan fingerprint density at radius 1 is 1.27 bits per heavy atom. The minimum Gasteiger partial charge on any atom is -0.467 e. The van der Waals surface area contributed by atoms with Gasteiger partial charge in [0.05, 0.1) is 0 Å². The lowest BCUT2D eigenvalue weighted by Crippen LogP contribution is -2.22. The van der Waals surface area contributed by atoms with Gasteiger partial charge in [-0.1, -0.05) is 32.0 Å². The van der Waals surface area contributed by atoms with Gasteiger partial charge in [-0.3, -0.25) is 0 Å². The number of nitrogens with one attached hydrogen (secondary N) is 1. The van der Waals surface area contributed by atoms with Crippen LogP contribution in [0, 0.1) is 0 Å². The predicted octanol–water partition coefficient (Wildman–Crippen LogP) is 2.17. The summed E-state index contributed by atoms with van der Waals surface area (Å²) in [5.41, 5.74) is 1.16. The van der Waals surface area contributed by atoms with Gasteiger partial charge in [-0.25, -0.2) is 0 Å². The third-order valence-corrected chi connectivity index (χ3v) is 2.01. The van der Waals surface area contributed by atoms with E-state index in [-0.39, 0.29) is 0 Å². The minimum atomic E-state index is 0.290. The molecular formula is C12H19NO2. The maximum Gasteiger partial charge on any atom is 0.188 e. The third-order valence-electron chi connectivity index (χ3n) is 2.01. The molecule has 84 valence electrons. The molecule has 0 aliphatic rings. The molecule has 1 rings (SSSR count). The van der Waals surface area contributed by atoms with Crippen LogP contribution in [-0.4, -0.2) is 19.9 Å². The van der Waals surface area contributed by atoms with Gasteiger partial charge in [0.1, 0.15) is 5.75 Å². The molecule has 0 bridgehead atoms. The van der Waals surface area contributed by atoms with Crippen molar-refractivity contribution >= 4 is 0 Å². The van der Waals surface area contributed by atoms with Gasteiger partial charge in [-0.15, -0.1) is 0 Å². The summed E-state index contributed by atoms with van der Waals surface area (Å²) in [7, 11) is 1.62. The molecule has 0 aromatic heterocycles. The number of para-hydroxylation sites is 1. The first kappa shape index (κ1) is 12.0. The second-order valence-electron chi connectivity index (χ2n) is 3.69. The lowest BCUT2D eigenvalue weighted by Gasteiger charge is -2.12. The zero-order valence-corrected chi connectivity index (χ0v) is 9.62. The summed E-state index contributed by atoms with van der Waals surface area (Å²) in [6, 6.07) is 8.46.